The van der Waals surface area contributed by atoms with E-state index in [1.54, 1.807) is 11.3 Å². The molecule has 2 N–H and O–H groups in total. The van der Waals surface area contributed by atoms with Crippen molar-refractivity contribution >= 4 is 22.5 Å². The molecule has 2 unspecified atom stereocenters. The molecule has 1 saturated heterocycles. The largest absolute Gasteiger partial charge is 0.336 e. The predicted octanol–water partition coefficient (Wildman–Crippen LogP) is 3.51. The molecule has 2 atom stereocenters. The normalized spacial score (nSPS) is 23.5. The van der Waals surface area contributed by atoms with Crippen molar-refractivity contribution in [2.24, 2.45) is 11.8 Å². The van der Waals surface area contributed by atoms with Crippen LogP contribution in [0.1, 0.15) is 50.6 Å². The molecule has 2 heterocycles. The standard InChI is InChI=1S/C18H30N4OS/c1-12-6-8-22(9-7-12)14(3)11-19-17(23)21-18-20-15-5-4-13(2)10-16(15)24-18/h12-14H,4-11H2,1-3H3,(H2,19,20,21,23). The van der Waals surface area contributed by atoms with Gasteiger partial charge in [0.1, 0.15) is 0 Å². The highest BCUT2D eigenvalue weighted by Crippen LogP contribution is 2.32. The number of nitrogens with one attached hydrogen (secondary N) is 2. The number of fused-ring (bicyclic) bond motifs is 1. The molecule has 1 aliphatic carbocycles. The molecule has 2 amide bonds. The minimum atomic E-state index is -0.133. The minimum Gasteiger partial charge on any atom is -0.336 e. The molecule has 0 bridgehead atoms. The van der Waals surface area contributed by atoms with Gasteiger partial charge in [0.15, 0.2) is 5.13 Å². The Kier molecular flexibility index (Phi) is 5.76. The second kappa shape index (κ2) is 7.83. The number of anilines is 1. The molecule has 1 aromatic heterocycles. The summed E-state index contributed by atoms with van der Waals surface area (Å²) in [4.78, 5) is 20.6. The quantitative estimate of drug-likeness (QED) is 0.874. The first-order valence-electron chi connectivity index (χ1n) is 9.28. The monoisotopic (exact) mass is 350 g/mol. The van der Waals surface area contributed by atoms with E-state index in [0.717, 1.165) is 42.9 Å². The van der Waals surface area contributed by atoms with E-state index in [0.29, 0.717) is 12.6 Å². The Labute approximate surface area is 149 Å². The lowest BCUT2D eigenvalue weighted by molar-refractivity contribution is 0.146. The third-order valence-corrected chi connectivity index (χ3v) is 6.44. The summed E-state index contributed by atoms with van der Waals surface area (Å²) < 4.78 is 0. The number of urea groups is 1. The van der Waals surface area contributed by atoms with Gasteiger partial charge in [0.25, 0.3) is 0 Å². The molecule has 1 aromatic rings. The number of rotatable bonds is 4. The van der Waals surface area contributed by atoms with Gasteiger partial charge in [-0.2, -0.15) is 0 Å². The van der Waals surface area contributed by atoms with E-state index in [1.165, 1.54) is 29.8 Å². The first-order chi connectivity index (χ1) is 11.5. The number of likely N-dealkylation sites (tertiary alicyclic amines) is 1. The zero-order valence-electron chi connectivity index (χ0n) is 15.1. The summed E-state index contributed by atoms with van der Waals surface area (Å²) in [7, 11) is 0. The number of hydrogen-bond acceptors (Lipinski definition) is 4. The van der Waals surface area contributed by atoms with Crippen LogP contribution in [0.25, 0.3) is 0 Å². The van der Waals surface area contributed by atoms with Crippen molar-refractivity contribution in [1.29, 1.82) is 0 Å². The highest BCUT2D eigenvalue weighted by atomic mass is 32.1. The lowest BCUT2D eigenvalue weighted by Gasteiger charge is -2.34. The Morgan fingerprint density at radius 1 is 1.29 bits per heavy atom. The van der Waals surface area contributed by atoms with E-state index >= 15 is 0 Å². The van der Waals surface area contributed by atoms with E-state index in [9.17, 15) is 4.79 Å². The van der Waals surface area contributed by atoms with Crippen LogP contribution in [0, 0.1) is 11.8 Å². The van der Waals surface area contributed by atoms with Gasteiger partial charge in [-0.15, -0.1) is 11.3 Å². The molecule has 2 aliphatic rings. The first kappa shape index (κ1) is 17.7. The van der Waals surface area contributed by atoms with Crippen molar-refractivity contribution in [1.82, 2.24) is 15.2 Å². The first-order valence-corrected chi connectivity index (χ1v) is 10.1. The van der Waals surface area contributed by atoms with Gasteiger partial charge >= 0.3 is 6.03 Å². The van der Waals surface area contributed by atoms with Crippen LogP contribution in [0.3, 0.4) is 0 Å². The highest BCUT2D eigenvalue weighted by molar-refractivity contribution is 7.15. The Morgan fingerprint density at radius 3 is 2.79 bits per heavy atom. The Hall–Kier alpha value is -1.14. The predicted molar refractivity (Wildman–Crippen MR) is 99.8 cm³/mol. The fraction of sp³-hybridized carbons (Fsp3) is 0.778. The number of nitrogens with zero attached hydrogens (tertiary/aromatic N) is 2. The summed E-state index contributed by atoms with van der Waals surface area (Å²) in [6.07, 6.45) is 5.87. The van der Waals surface area contributed by atoms with E-state index in [1.807, 2.05) is 0 Å². The lowest BCUT2D eigenvalue weighted by atomic mass is 9.93. The number of hydrogen-bond donors (Lipinski definition) is 2. The summed E-state index contributed by atoms with van der Waals surface area (Å²) in [5.41, 5.74) is 1.18. The Morgan fingerprint density at radius 2 is 2.04 bits per heavy atom. The summed E-state index contributed by atoms with van der Waals surface area (Å²) in [6.45, 7) is 9.77. The van der Waals surface area contributed by atoms with Crippen molar-refractivity contribution in [2.75, 3.05) is 25.0 Å². The summed E-state index contributed by atoms with van der Waals surface area (Å²) >= 11 is 1.64. The molecule has 24 heavy (non-hydrogen) atoms. The van der Waals surface area contributed by atoms with Crippen LogP contribution in [-0.4, -0.2) is 41.6 Å². The number of carbonyl (C=O) groups excluding carboxylic acids is 1. The highest BCUT2D eigenvalue weighted by Gasteiger charge is 2.22. The minimum absolute atomic E-state index is 0.133. The zero-order chi connectivity index (χ0) is 17.1. The Bertz CT molecular complexity index is 565. The molecule has 1 aliphatic heterocycles. The molecular weight excluding hydrogens is 320 g/mol. The average Bonchev–Trinajstić information content (AvgIpc) is 2.94. The van der Waals surface area contributed by atoms with Crippen molar-refractivity contribution in [3.05, 3.63) is 10.6 Å². The Balaban J connectivity index is 1.44. The van der Waals surface area contributed by atoms with Gasteiger partial charge in [0.2, 0.25) is 0 Å². The lowest BCUT2D eigenvalue weighted by Crippen LogP contribution is -2.46. The van der Waals surface area contributed by atoms with Crippen LogP contribution in [0.15, 0.2) is 0 Å². The van der Waals surface area contributed by atoms with E-state index in [4.69, 9.17) is 0 Å². The fourth-order valence-electron chi connectivity index (χ4n) is 3.57. The van der Waals surface area contributed by atoms with Gasteiger partial charge in [-0.05, 0) is 64.0 Å². The number of aromatic nitrogens is 1. The molecule has 0 radical (unpaired) electrons. The number of thiazole rings is 1. The number of carbonyl (C=O) groups is 1. The average molecular weight is 351 g/mol. The van der Waals surface area contributed by atoms with Crippen LogP contribution in [0.4, 0.5) is 9.93 Å². The third-order valence-electron chi connectivity index (χ3n) is 5.41. The van der Waals surface area contributed by atoms with E-state index in [2.05, 4.69) is 41.3 Å². The molecule has 3 rings (SSSR count). The van der Waals surface area contributed by atoms with Gasteiger partial charge in [0.05, 0.1) is 5.69 Å². The second-order valence-corrected chi connectivity index (χ2v) is 8.72. The van der Waals surface area contributed by atoms with Crippen LogP contribution in [-0.2, 0) is 12.8 Å². The molecular formula is C18H30N4OS. The molecule has 1 fully saturated rings. The van der Waals surface area contributed by atoms with Gasteiger partial charge in [0, 0.05) is 17.5 Å². The summed E-state index contributed by atoms with van der Waals surface area (Å²) in [5, 5.41) is 6.66. The van der Waals surface area contributed by atoms with Crippen molar-refractivity contribution in [3.63, 3.8) is 0 Å². The molecule has 134 valence electrons. The second-order valence-electron chi connectivity index (χ2n) is 7.64. The van der Waals surface area contributed by atoms with Crippen LogP contribution in [0.5, 0.6) is 0 Å². The van der Waals surface area contributed by atoms with Crippen molar-refractivity contribution in [2.45, 2.75) is 58.9 Å². The zero-order valence-corrected chi connectivity index (χ0v) is 15.9. The smallest absolute Gasteiger partial charge is 0.321 e. The van der Waals surface area contributed by atoms with E-state index < -0.39 is 0 Å². The number of piperidine rings is 1. The van der Waals surface area contributed by atoms with Crippen molar-refractivity contribution < 1.29 is 4.79 Å². The van der Waals surface area contributed by atoms with Crippen LogP contribution >= 0.6 is 11.3 Å². The van der Waals surface area contributed by atoms with Gasteiger partial charge in [-0.3, -0.25) is 10.2 Å². The fourth-order valence-corrected chi connectivity index (χ4v) is 4.74. The number of aryl methyl sites for hydroxylation is 1. The van der Waals surface area contributed by atoms with Gasteiger partial charge < -0.3 is 5.32 Å². The van der Waals surface area contributed by atoms with Gasteiger partial charge in [-0.25, -0.2) is 9.78 Å². The topological polar surface area (TPSA) is 57.3 Å². The molecule has 6 heteroatoms. The van der Waals surface area contributed by atoms with E-state index in [-0.39, 0.29) is 6.03 Å². The van der Waals surface area contributed by atoms with Crippen LogP contribution in [0.2, 0.25) is 0 Å². The molecule has 0 spiro atoms. The summed E-state index contributed by atoms with van der Waals surface area (Å²) in [6, 6.07) is 0.250. The maximum atomic E-state index is 12.2. The van der Waals surface area contributed by atoms with Gasteiger partial charge in [-0.1, -0.05) is 13.8 Å². The number of amides is 2. The maximum Gasteiger partial charge on any atom is 0.321 e. The molecule has 0 aromatic carbocycles. The van der Waals surface area contributed by atoms with Crippen molar-refractivity contribution in [3.8, 4) is 0 Å². The van der Waals surface area contributed by atoms with Crippen LogP contribution < -0.4 is 10.6 Å². The molecule has 5 nitrogen and oxygen atoms in total. The molecule has 0 saturated carbocycles. The SMILES string of the molecule is CC1CCN(C(C)CNC(=O)Nc2nc3c(s2)CC(C)CC3)CC1. The summed E-state index contributed by atoms with van der Waals surface area (Å²) in [5.74, 6) is 1.57. The third kappa shape index (κ3) is 4.48. The maximum absolute atomic E-state index is 12.2.